The van der Waals surface area contributed by atoms with Crippen molar-refractivity contribution in [2.24, 2.45) is 0 Å². The molecule has 2 rings (SSSR count). The van der Waals surface area contributed by atoms with E-state index >= 15 is 0 Å². The molecule has 2 heterocycles. The molecular formula is C13H20N4O2. The third-order valence-corrected chi connectivity index (χ3v) is 3.75. The van der Waals surface area contributed by atoms with Crippen LogP contribution in [0.4, 0.5) is 11.5 Å². The van der Waals surface area contributed by atoms with Crippen molar-refractivity contribution in [3.8, 4) is 0 Å². The molecule has 6 heteroatoms. The highest BCUT2D eigenvalue weighted by Crippen LogP contribution is 2.25. The van der Waals surface area contributed by atoms with Gasteiger partial charge in [-0.25, -0.2) is 4.98 Å². The van der Waals surface area contributed by atoms with Crippen molar-refractivity contribution >= 4 is 11.5 Å². The summed E-state index contributed by atoms with van der Waals surface area (Å²) in [4.78, 5) is 19.2. The van der Waals surface area contributed by atoms with Crippen LogP contribution >= 0.6 is 0 Å². The Morgan fingerprint density at radius 2 is 2.32 bits per heavy atom. The van der Waals surface area contributed by atoms with Crippen molar-refractivity contribution in [2.45, 2.75) is 25.8 Å². The van der Waals surface area contributed by atoms with E-state index in [4.69, 9.17) is 0 Å². The number of anilines is 1. The van der Waals surface area contributed by atoms with Gasteiger partial charge in [-0.05, 0) is 33.0 Å². The van der Waals surface area contributed by atoms with Crippen LogP contribution in [-0.2, 0) is 6.42 Å². The van der Waals surface area contributed by atoms with E-state index in [-0.39, 0.29) is 10.6 Å². The van der Waals surface area contributed by atoms with E-state index in [9.17, 15) is 10.1 Å². The van der Waals surface area contributed by atoms with Crippen LogP contribution in [0.1, 0.15) is 18.9 Å². The molecule has 0 bridgehead atoms. The molecule has 1 aliphatic rings. The maximum absolute atomic E-state index is 10.9. The van der Waals surface area contributed by atoms with Crippen molar-refractivity contribution in [2.75, 3.05) is 32.1 Å². The molecule has 1 saturated heterocycles. The normalized spacial score (nSPS) is 19.2. The molecule has 0 amide bonds. The van der Waals surface area contributed by atoms with E-state index in [0.717, 1.165) is 30.9 Å². The lowest BCUT2D eigenvalue weighted by molar-refractivity contribution is -0.385. The Morgan fingerprint density at radius 1 is 1.58 bits per heavy atom. The second-order valence-corrected chi connectivity index (χ2v) is 5.13. The number of rotatable bonds is 4. The first-order valence-corrected chi connectivity index (χ1v) is 6.57. The fraction of sp³-hybridized carbons (Fsp3) is 0.615. The van der Waals surface area contributed by atoms with E-state index in [0.29, 0.717) is 12.5 Å². The average molecular weight is 264 g/mol. The number of hydrogen-bond acceptors (Lipinski definition) is 5. The van der Waals surface area contributed by atoms with E-state index in [1.54, 1.807) is 0 Å². The summed E-state index contributed by atoms with van der Waals surface area (Å²) in [6, 6.07) is 2.39. The monoisotopic (exact) mass is 264 g/mol. The van der Waals surface area contributed by atoms with Crippen LogP contribution in [-0.4, -0.2) is 48.0 Å². The molecule has 0 unspecified atom stereocenters. The molecule has 0 spiro atoms. The Morgan fingerprint density at radius 3 is 2.84 bits per heavy atom. The topological polar surface area (TPSA) is 62.5 Å². The van der Waals surface area contributed by atoms with Crippen molar-refractivity contribution in [1.82, 2.24) is 9.88 Å². The molecule has 0 saturated carbocycles. The minimum absolute atomic E-state index is 0.120. The number of hydrogen-bond donors (Lipinski definition) is 0. The summed E-state index contributed by atoms with van der Waals surface area (Å²) in [6.07, 6.45) is 3.14. The molecule has 1 fully saturated rings. The third-order valence-electron chi connectivity index (χ3n) is 3.75. The molecule has 0 aromatic carbocycles. The van der Waals surface area contributed by atoms with Crippen molar-refractivity contribution in [1.29, 1.82) is 0 Å². The molecule has 0 radical (unpaired) electrons. The number of aryl methyl sites for hydroxylation is 1. The van der Waals surface area contributed by atoms with E-state index in [2.05, 4.69) is 28.9 Å². The first kappa shape index (κ1) is 13.7. The highest BCUT2D eigenvalue weighted by atomic mass is 16.6. The van der Waals surface area contributed by atoms with Gasteiger partial charge >= 0.3 is 0 Å². The molecule has 0 N–H and O–H groups in total. The molecule has 1 aliphatic heterocycles. The molecule has 1 aromatic heterocycles. The van der Waals surface area contributed by atoms with Gasteiger partial charge < -0.3 is 9.80 Å². The zero-order chi connectivity index (χ0) is 14.0. The largest absolute Gasteiger partial charge is 0.355 e. The van der Waals surface area contributed by atoms with Gasteiger partial charge in [0.1, 0.15) is 12.0 Å². The molecule has 1 atom stereocenters. The van der Waals surface area contributed by atoms with Crippen molar-refractivity contribution in [3.63, 3.8) is 0 Å². The first-order chi connectivity index (χ1) is 9.02. The van der Waals surface area contributed by atoms with Gasteiger partial charge in [0.2, 0.25) is 0 Å². The van der Waals surface area contributed by atoms with E-state index in [1.807, 2.05) is 13.0 Å². The van der Waals surface area contributed by atoms with Crippen molar-refractivity contribution < 1.29 is 4.92 Å². The first-order valence-electron chi connectivity index (χ1n) is 6.57. The van der Waals surface area contributed by atoms with Gasteiger partial charge in [0, 0.05) is 24.7 Å². The van der Waals surface area contributed by atoms with Crippen molar-refractivity contribution in [3.05, 3.63) is 27.9 Å². The smallest absolute Gasteiger partial charge is 0.290 e. The summed E-state index contributed by atoms with van der Waals surface area (Å²) in [5.41, 5.74) is 0.873. The Bertz CT molecular complexity index is 476. The summed E-state index contributed by atoms with van der Waals surface area (Å²) in [7, 11) is 4.16. The Kier molecular flexibility index (Phi) is 3.99. The summed E-state index contributed by atoms with van der Waals surface area (Å²) in [5, 5.41) is 10.9. The SMILES string of the molecule is CCc1cc(N2CC[C@H](N(C)C)C2)ncc1[N+](=O)[O-]. The average Bonchev–Trinajstić information content (AvgIpc) is 2.87. The van der Waals surface area contributed by atoms with Crippen LogP contribution in [0.25, 0.3) is 0 Å². The second kappa shape index (κ2) is 5.52. The minimum atomic E-state index is -0.359. The summed E-state index contributed by atoms with van der Waals surface area (Å²) in [6.45, 7) is 3.82. The number of nitrogens with zero attached hydrogens (tertiary/aromatic N) is 4. The Hall–Kier alpha value is -1.69. The number of pyridine rings is 1. The van der Waals surface area contributed by atoms with Gasteiger partial charge in [0.05, 0.1) is 4.92 Å². The van der Waals surface area contributed by atoms with Crippen LogP contribution < -0.4 is 4.90 Å². The lowest BCUT2D eigenvalue weighted by Crippen LogP contribution is -2.31. The van der Waals surface area contributed by atoms with Gasteiger partial charge in [0.15, 0.2) is 0 Å². The highest BCUT2D eigenvalue weighted by molar-refractivity contribution is 5.50. The molecule has 6 nitrogen and oxygen atoms in total. The fourth-order valence-corrected chi connectivity index (χ4v) is 2.47. The zero-order valence-electron chi connectivity index (χ0n) is 11.7. The zero-order valence-corrected chi connectivity index (χ0v) is 11.7. The summed E-state index contributed by atoms with van der Waals surface area (Å²) in [5.74, 6) is 0.854. The Labute approximate surface area is 113 Å². The minimum Gasteiger partial charge on any atom is -0.355 e. The summed E-state index contributed by atoms with van der Waals surface area (Å²) < 4.78 is 0. The standard InChI is InChI=1S/C13H20N4O2/c1-4-10-7-13(14-8-12(10)17(18)19)16-6-5-11(9-16)15(2)3/h7-8,11H,4-6,9H2,1-3H3/t11-/m0/s1. The van der Waals surface area contributed by atoms with E-state index in [1.165, 1.54) is 6.20 Å². The van der Waals surface area contributed by atoms with Crippen LogP contribution in [0, 0.1) is 10.1 Å². The van der Waals surface area contributed by atoms with Gasteiger partial charge in [-0.15, -0.1) is 0 Å². The van der Waals surface area contributed by atoms with Crippen LogP contribution in [0.5, 0.6) is 0 Å². The van der Waals surface area contributed by atoms with Gasteiger partial charge in [-0.2, -0.15) is 0 Å². The Balaban J connectivity index is 2.20. The predicted molar refractivity (Wildman–Crippen MR) is 74.6 cm³/mol. The quantitative estimate of drug-likeness (QED) is 0.611. The molecule has 104 valence electrons. The second-order valence-electron chi connectivity index (χ2n) is 5.13. The lowest BCUT2D eigenvalue weighted by Gasteiger charge is -2.21. The molecular weight excluding hydrogens is 244 g/mol. The van der Waals surface area contributed by atoms with Crippen LogP contribution in [0.3, 0.4) is 0 Å². The maximum atomic E-state index is 10.9. The maximum Gasteiger partial charge on any atom is 0.290 e. The third kappa shape index (κ3) is 2.84. The fourth-order valence-electron chi connectivity index (χ4n) is 2.47. The summed E-state index contributed by atoms with van der Waals surface area (Å²) >= 11 is 0. The number of likely N-dealkylation sites (N-methyl/N-ethyl adjacent to an activating group) is 1. The number of nitro groups is 1. The highest BCUT2D eigenvalue weighted by Gasteiger charge is 2.26. The number of aromatic nitrogens is 1. The van der Waals surface area contributed by atoms with Gasteiger partial charge in [0.25, 0.3) is 5.69 Å². The van der Waals surface area contributed by atoms with E-state index < -0.39 is 0 Å². The molecule has 1 aromatic rings. The van der Waals surface area contributed by atoms with Gasteiger partial charge in [-0.3, -0.25) is 10.1 Å². The van der Waals surface area contributed by atoms with Crippen LogP contribution in [0.2, 0.25) is 0 Å². The molecule has 0 aliphatic carbocycles. The van der Waals surface area contributed by atoms with Gasteiger partial charge in [-0.1, -0.05) is 6.92 Å². The molecule has 19 heavy (non-hydrogen) atoms. The van der Waals surface area contributed by atoms with Crippen LogP contribution in [0.15, 0.2) is 12.3 Å². The lowest BCUT2D eigenvalue weighted by atomic mass is 10.1. The predicted octanol–water partition coefficient (Wildman–Crippen LogP) is 1.69.